The van der Waals surface area contributed by atoms with Gasteiger partial charge in [0.2, 0.25) is 5.91 Å². The molecular formula is C17H20N2O4S. The summed E-state index contributed by atoms with van der Waals surface area (Å²) in [7, 11) is 0. The summed E-state index contributed by atoms with van der Waals surface area (Å²) in [5.41, 5.74) is 1.70. The summed E-state index contributed by atoms with van der Waals surface area (Å²) in [4.78, 5) is 28.2. The number of hydrogen-bond donors (Lipinski definition) is 1. The normalized spacial score (nSPS) is 10.3. The van der Waals surface area contributed by atoms with Gasteiger partial charge in [-0.05, 0) is 32.9 Å². The summed E-state index contributed by atoms with van der Waals surface area (Å²) in [5, 5.41) is 3.06. The van der Waals surface area contributed by atoms with Crippen LogP contribution in [0, 0.1) is 13.8 Å². The fourth-order valence-electron chi connectivity index (χ4n) is 1.91. The van der Waals surface area contributed by atoms with E-state index in [0.29, 0.717) is 22.3 Å². The lowest BCUT2D eigenvalue weighted by Crippen LogP contribution is -2.15. The Kier molecular flexibility index (Phi) is 6.31. The smallest absolute Gasteiger partial charge is 0.350 e. The van der Waals surface area contributed by atoms with Gasteiger partial charge in [-0.3, -0.25) is 4.79 Å². The molecule has 1 heterocycles. The number of rotatable bonds is 7. The van der Waals surface area contributed by atoms with Gasteiger partial charge < -0.3 is 14.8 Å². The predicted molar refractivity (Wildman–Crippen MR) is 92.7 cm³/mol. The van der Waals surface area contributed by atoms with Crippen molar-refractivity contribution in [2.24, 2.45) is 0 Å². The van der Waals surface area contributed by atoms with Crippen molar-refractivity contribution in [1.29, 1.82) is 0 Å². The van der Waals surface area contributed by atoms with Crippen LogP contribution in [0.2, 0.25) is 0 Å². The number of hydrogen-bond acceptors (Lipinski definition) is 6. The number of aryl methyl sites for hydroxylation is 2. The Labute approximate surface area is 144 Å². The molecule has 0 atom stereocenters. The molecule has 0 aliphatic heterocycles. The first kappa shape index (κ1) is 17.9. The lowest BCUT2D eigenvalue weighted by atomic mass is 10.2. The second-order valence-electron chi connectivity index (χ2n) is 5.11. The van der Waals surface area contributed by atoms with Gasteiger partial charge in [0, 0.05) is 0 Å². The molecule has 7 heteroatoms. The van der Waals surface area contributed by atoms with Crippen LogP contribution in [0.25, 0.3) is 0 Å². The molecule has 24 heavy (non-hydrogen) atoms. The molecule has 1 aromatic heterocycles. The zero-order valence-electron chi connectivity index (χ0n) is 13.9. The first-order valence-electron chi connectivity index (χ1n) is 7.63. The van der Waals surface area contributed by atoms with E-state index in [-0.39, 0.29) is 18.9 Å². The van der Waals surface area contributed by atoms with Gasteiger partial charge in [-0.25, -0.2) is 9.78 Å². The minimum Gasteiger partial charge on any atom is -0.493 e. The van der Waals surface area contributed by atoms with Crippen molar-refractivity contribution in [3.63, 3.8) is 0 Å². The summed E-state index contributed by atoms with van der Waals surface area (Å²) >= 11 is 1.11. The molecule has 0 saturated heterocycles. The third kappa shape index (κ3) is 5.06. The molecule has 0 saturated carbocycles. The maximum Gasteiger partial charge on any atom is 0.350 e. The number of esters is 1. The number of ether oxygens (including phenoxy) is 2. The van der Waals surface area contributed by atoms with Gasteiger partial charge in [0.15, 0.2) is 5.13 Å². The quantitative estimate of drug-likeness (QED) is 0.777. The molecule has 2 aromatic rings. The van der Waals surface area contributed by atoms with E-state index in [2.05, 4.69) is 10.3 Å². The van der Waals surface area contributed by atoms with E-state index in [1.807, 2.05) is 31.2 Å². The molecule has 0 aliphatic rings. The molecule has 1 N–H and O–H groups in total. The number of thiazole rings is 1. The molecule has 0 spiro atoms. The van der Waals surface area contributed by atoms with Gasteiger partial charge in [-0.1, -0.05) is 29.0 Å². The van der Waals surface area contributed by atoms with Gasteiger partial charge in [-0.15, -0.1) is 0 Å². The van der Waals surface area contributed by atoms with E-state index in [9.17, 15) is 9.59 Å². The number of benzene rings is 1. The average Bonchev–Trinajstić information content (AvgIpc) is 2.90. The number of carbonyl (C=O) groups excluding carboxylic acids is 2. The van der Waals surface area contributed by atoms with Crippen LogP contribution in [0.5, 0.6) is 5.75 Å². The van der Waals surface area contributed by atoms with Gasteiger partial charge in [0.05, 0.1) is 25.3 Å². The van der Waals surface area contributed by atoms with Crippen molar-refractivity contribution >= 4 is 28.3 Å². The van der Waals surface area contributed by atoms with Crippen molar-refractivity contribution < 1.29 is 19.1 Å². The minimum atomic E-state index is -0.421. The first-order chi connectivity index (χ1) is 11.5. The van der Waals surface area contributed by atoms with Crippen LogP contribution in [-0.4, -0.2) is 30.1 Å². The second-order valence-corrected chi connectivity index (χ2v) is 6.11. The fourth-order valence-corrected chi connectivity index (χ4v) is 2.79. The Balaban J connectivity index is 1.83. The standard InChI is InChI=1S/C17H20N2O4S/c1-4-22-16(21)15-12(3)18-17(24-15)19-14(20)9-10-23-13-7-5-11(2)6-8-13/h5-8H,4,9-10H2,1-3H3,(H,18,19,20). The highest BCUT2D eigenvalue weighted by Gasteiger charge is 2.17. The molecule has 0 bridgehead atoms. The van der Waals surface area contributed by atoms with Gasteiger partial charge in [0.1, 0.15) is 10.6 Å². The Morgan fingerprint density at radius 2 is 1.92 bits per heavy atom. The van der Waals surface area contributed by atoms with E-state index in [4.69, 9.17) is 9.47 Å². The lowest BCUT2D eigenvalue weighted by Gasteiger charge is -2.06. The number of amides is 1. The first-order valence-corrected chi connectivity index (χ1v) is 8.45. The number of carbonyl (C=O) groups is 2. The summed E-state index contributed by atoms with van der Waals surface area (Å²) in [6.45, 7) is 6.01. The maximum atomic E-state index is 11.9. The second kappa shape index (κ2) is 8.44. The van der Waals surface area contributed by atoms with Gasteiger partial charge in [-0.2, -0.15) is 0 Å². The Bertz CT molecular complexity index is 710. The van der Waals surface area contributed by atoms with Crippen molar-refractivity contribution in [1.82, 2.24) is 4.98 Å². The van der Waals surface area contributed by atoms with Crippen LogP contribution in [0.3, 0.4) is 0 Å². The molecule has 0 aliphatic carbocycles. The SMILES string of the molecule is CCOC(=O)c1sc(NC(=O)CCOc2ccc(C)cc2)nc1C. The van der Waals surface area contributed by atoms with E-state index in [1.165, 1.54) is 0 Å². The van der Waals surface area contributed by atoms with Crippen LogP contribution >= 0.6 is 11.3 Å². The number of nitrogens with zero attached hydrogens (tertiary/aromatic N) is 1. The van der Waals surface area contributed by atoms with Crippen LogP contribution in [-0.2, 0) is 9.53 Å². The summed E-state index contributed by atoms with van der Waals surface area (Å²) in [6.07, 6.45) is 0.196. The van der Waals surface area contributed by atoms with Crippen LogP contribution in [0.4, 0.5) is 5.13 Å². The molecule has 0 fully saturated rings. The fraction of sp³-hybridized carbons (Fsp3) is 0.353. The largest absolute Gasteiger partial charge is 0.493 e. The molecule has 128 valence electrons. The molecule has 0 radical (unpaired) electrons. The van der Waals surface area contributed by atoms with Crippen LogP contribution in [0.1, 0.15) is 34.3 Å². The monoisotopic (exact) mass is 348 g/mol. The summed E-state index contributed by atoms with van der Waals surface area (Å²) < 4.78 is 10.5. The van der Waals surface area contributed by atoms with Gasteiger partial charge in [0.25, 0.3) is 0 Å². The summed E-state index contributed by atoms with van der Waals surface area (Å²) in [5.74, 6) is 0.0880. The van der Waals surface area contributed by atoms with Crippen molar-refractivity contribution in [2.45, 2.75) is 27.2 Å². The van der Waals surface area contributed by atoms with E-state index >= 15 is 0 Å². The van der Waals surface area contributed by atoms with Crippen molar-refractivity contribution in [2.75, 3.05) is 18.5 Å². The summed E-state index contributed by atoms with van der Waals surface area (Å²) in [6, 6.07) is 7.63. The Morgan fingerprint density at radius 3 is 2.58 bits per heavy atom. The highest BCUT2D eigenvalue weighted by Crippen LogP contribution is 2.23. The molecule has 1 aromatic carbocycles. The molecule has 2 rings (SSSR count). The molecular weight excluding hydrogens is 328 g/mol. The van der Waals surface area contributed by atoms with Gasteiger partial charge >= 0.3 is 5.97 Å². The molecule has 1 amide bonds. The topological polar surface area (TPSA) is 77.5 Å². The third-order valence-electron chi connectivity index (χ3n) is 3.12. The highest BCUT2D eigenvalue weighted by molar-refractivity contribution is 7.17. The maximum absolute atomic E-state index is 11.9. The highest BCUT2D eigenvalue weighted by atomic mass is 32.1. The molecule has 0 unspecified atom stereocenters. The lowest BCUT2D eigenvalue weighted by molar-refractivity contribution is -0.116. The Hall–Kier alpha value is -2.41. The number of nitrogens with one attached hydrogen (secondary N) is 1. The third-order valence-corrected chi connectivity index (χ3v) is 4.18. The zero-order chi connectivity index (χ0) is 17.5. The van der Waals surface area contributed by atoms with E-state index < -0.39 is 5.97 Å². The molecule has 6 nitrogen and oxygen atoms in total. The number of anilines is 1. The van der Waals surface area contributed by atoms with E-state index in [1.54, 1.807) is 13.8 Å². The predicted octanol–water partition coefficient (Wildman–Crippen LogP) is 3.34. The minimum absolute atomic E-state index is 0.196. The van der Waals surface area contributed by atoms with Crippen molar-refractivity contribution in [3.05, 3.63) is 40.4 Å². The van der Waals surface area contributed by atoms with Crippen LogP contribution < -0.4 is 10.1 Å². The van der Waals surface area contributed by atoms with Crippen molar-refractivity contribution in [3.8, 4) is 5.75 Å². The zero-order valence-corrected chi connectivity index (χ0v) is 14.7. The van der Waals surface area contributed by atoms with E-state index in [0.717, 1.165) is 22.6 Å². The number of aromatic nitrogens is 1. The van der Waals surface area contributed by atoms with Crippen LogP contribution in [0.15, 0.2) is 24.3 Å². The Morgan fingerprint density at radius 1 is 1.21 bits per heavy atom. The average molecular weight is 348 g/mol.